The maximum atomic E-state index is 10.6. The second-order valence-electron chi connectivity index (χ2n) is 6.93. The molecule has 2 aliphatic rings. The number of amides is 1. The molecule has 0 saturated carbocycles. The number of primary amides is 1. The van der Waals surface area contributed by atoms with Gasteiger partial charge in [-0.2, -0.15) is 5.26 Å². The van der Waals surface area contributed by atoms with Crippen molar-refractivity contribution in [1.82, 2.24) is 9.80 Å². The number of benzene rings is 1. The number of hydrogen-bond acceptors (Lipinski definition) is 7. The second-order valence-corrected chi connectivity index (χ2v) is 6.93. The molecule has 2 fully saturated rings. The van der Waals surface area contributed by atoms with Crippen LogP contribution in [0.25, 0.3) is 0 Å². The second kappa shape index (κ2) is 9.67. The lowest BCUT2D eigenvalue weighted by molar-refractivity contribution is -0.142. The van der Waals surface area contributed by atoms with Crippen molar-refractivity contribution in [2.75, 3.05) is 52.5 Å². The number of carbonyl (C=O) groups excluding carboxylic acids is 1. The maximum absolute atomic E-state index is 10.6. The largest absolute Gasteiger partial charge is 0.448 e. The van der Waals surface area contributed by atoms with E-state index >= 15 is 0 Å². The van der Waals surface area contributed by atoms with Gasteiger partial charge in [0.05, 0.1) is 37.1 Å². The lowest BCUT2D eigenvalue weighted by Gasteiger charge is -2.45. The fourth-order valence-electron chi connectivity index (χ4n) is 3.56. The molecule has 0 radical (unpaired) electrons. The molecular weight excluding hydrogens is 348 g/mol. The Morgan fingerprint density at radius 1 is 1.11 bits per heavy atom. The number of nitriles is 1. The molecule has 2 saturated heterocycles. The van der Waals surface area contributed by atoms with E-state index in [1.807, 2.05) is 24.3 Å². The molecule has 0 aromatic heterocycles. The zero-order valence-corrected chi connectivity index (χ0v) is 15.4. The van der Waals surface area contributed by atoms with Crippen molar-refractivity contribution in [3.05, 3.63) is 35.4 Å². The van der Waals surface area contributed by atoms with Crippen LogP contribution in [-0.2, 0) is 20.8 Å². The lowest BCUT2D eigenvalue weighted by atomic mass is 10.1. The van der Waals surface area contributed by atoms with E-state index in [0.717, 1.165) is 38.3 Å². The fourth-order valence-corrected chi connectivity index (χ4v) is 3.56. The number of carbonyl (C=O) groups is 1. The van der Waals surface area contributed by atoms with E-state index in [1.54, 1.807) is 0 Å². The van der Waals surface area contributed by atoms with Gasteiger partial charge >= 0.3 is 6.09 Å². The van der Waals surface area contributed by atoms with Crippen LogP contribution in [0.4, 0.5) is 4.79 Å². The van der Waals surface area contributed by atoms with Crippen molar-refractivity contribution < 1.29 is 19.0 Å². The Balaban J connectivity index is 1.33. The van der Waals surface area contributed by atoms with Crippen molar-refractivity contribution in [2.45, 2.75) is 18.8 Å². The monoisotopic (exact) mass is 374 g/mol. The van der Waals surface area contributed by atoms with Crippen molar-refractivity contribution in [3.8, 4) is 6.07 Å². The minimum Gasteiger partial charge on any atom is -0.448 e. The molecule has 0 aliphatic carbocycles. The van der Waals surface area contributed by atoms with Crippen LogP contribution >= 0.6 is 0 Å². The summed E-state index contributed by atoms with van der Waals surface area (Å²) in [6, 6.07) is 9.58. The Morgan fingerprint density at radius 2 is 1.70 bits per heavy atom. The van der Waals surface area contributed by atoms with Gasteiger partial charge in [0, 0.05) is 39.3 Å². The van der Waals surface area contributed by atoms with Gasteiger partial charge in [-0.15, -0.1) is 0 Å². The highest BCUT2D eigenvalue weighted by Crippen LogP contribution is 2.19. The first-order valence-electron chi connectivity index (χ1n) is 9.21. The number of rotatable bonds is 8. The molecular formula is C19H26N4O4. The van der Waals surface area contributed by atoms with Crippen LogP contribution in [0, 0.1) is 11.3 Å². The van der Waals surface area contributed by atoms with Gasteiger partial charge < -0.3 is 19.9 Å². The van der Waals surface area contributed by atoms with Gasteiger partial charge in [-0.1, -0.05) is 12.1 Å². The highest BCUT2D eigenvalue weighted by atomic mass is 16.5. The molecule has 2 atom stereocenters. The summed E-state index contributed by atoms with van der Waals surface area (Å²) in [4.78, 5) is 15.3. The van der Waals surface area contributed by atoms with Crippen LogP contribution in [0.1, 0.15) is 11.1 Å². The molecule has 2 N–H and O–H groups in total. The first kappa shape index (κ1) is 19.6. The smallest absolute Gasteiger partial charge is 0.404 e. The van der Waals surface area contributed by atoms with Crippen LogP contribution in [0.2, 0.25) is 0 Å². The van der Waals surface area contributed by atoms with E-state index in [9.17, 15) is 4.79 Å². The topological polar surface area (TPSA) is 101 Å². The third-order valence-electron chi connectivity index (χ3n) is 4.79. The first-order chi connectivity index (χ1) is 13.1. The number of morpholine rings is 2. The molecule has 2 heterocycles. The maximum Gasteiger partial charge on any atom is 0.404 e. The molecule has 2 aliphatic heterocycles. The molecule has 1 amide bonds. The average molecular weight is 374 g/mol. The van der Waals surface area contributed by atoms with Crippen LogP contribution in [-0.4, -0.2) is 80.6 Å². The molecule has 3 rings (SSSR count). The summed E-state index contributed by atoms with van der Waals surface area (Å²) in [6.07, 6.45) is -0.384. The van der Waals surface area contributed by atoms with E-state index < -0.39 is 6.09 Å². The number of nitrogens with zero attached hydrogens (tertiary/aromatic N) is 3. The lowest BCUT2D eigenvalue weighted by Crippen LogP contribution is -2.60. The summed E-state index contributed by atoms with van der Waals surface area (Å²) in [6.45, 7) is 6.52. The van der Waals surface area contributed by atoms with Crippen molar-refractivity contribution in [1.29, 1.82) is 5.26 Å². The molecule has 27 heavy (non-hydrogen) atoms. The molecule has 1 aromatic rings. The van der Waals surface area contributed by atoms with Gasteiger partial charge in [0.15, 0.2) is 0 Å². The third kappa shape index (κ3) is 6.19. The van der Waals surface area contributed by atoms with Gasteiger partial charge in [0.25, 0.3) is 0 Å². The summed E-state index contributed by atoms with van der Waals surface area (Å²) in [5, 5.41) is 8.81. The van der Waals surface area contributed by atoms with Crippen molar-refractivity contribution in [3.63, 3.8) is 0 Å². The van der Waals surface area contributed by atoms with Crippen molar-refractivity contribution >= 4 is 6.09 Å². The van der Waals surface area contributed by atoms with E-state index in [0.29, 0.717) is 31.9 Å². The highest BCUT2D eigenvalue weighted by Gasteiger charge is 2.34. The molecule has 2 unspecified atom stereocenters. The zero-order chi connectivity index (χ0) is 19.1. The molecule has 2 bridgehead atoms. The predicted molar refractivity (Wildman–Crippen MR) is 97.9 cm³/mol. The standard InChI is InChI=1S/C19H26N4O4/c20-9-15-1-3-16(4-2-15)14-25-7-5-22-10-17-12-23(6-8-26-19(21)24)13-18(11-22)27-17/h1-4,17-18H,5-8,10-14H2,(H2,21,24). The highest BCUT2D eigenvalue weighted by molar-refractivity contribution is 5.64. The summed E-state index contributed by atoms with van der Waals surface area (Å²) in [7, 11) is 0. The van der Waals surface area contributed by atoms with Crippen LogP contribution < -0.4 is 5.73 Å². The predicted octanol–water partition coefficient (Wildman–Crippen LogP) is 0.555. The Kier molecular flexibility index (Phi) is 7.01. The van der Waals surface area contributed by atoms with Gasteiger partial charge in [-0.05, 0) is 17.7 Å². The average Bonchev–Trinajstić information content (AvgIpc) is 2.65. The van der Waals surface area contributed by atoms with Crippen LogP contribution in [0.15, 0.2) is 24.3 Å². The Hall–Kier alpha value is -2.18. The van der Waals surface area contributed by atoms with Gasteiger partial charge in [0.2, 0.25) is 0 Å². The van der Waals surface area contributed by atoms with Crippen molar-refractivity contribution in [2.24, 2.45) is 5.73 Å². The van der Waals surface area contributed by atoms with Crippen LogP contribution in [0.3, 0.4) is 0 Å². The number of ether oxygens (including phenoxy) is 3. The van der Waals surface area contributed by atoms with Gasteiger partial charge in [-0.25, -0.2) is 4.79 Å². The zero-order valence-electron chi connectivity index (χ0n) is 15.4. The number of nitrogens with two attached hydrogens (primary N) is 1. The number of hydrogen-bond donors (Lipinski definition) is 1. The Morgan fingerprint density at radius 3 is 2.26 bits per heavy atom. The minimum atomic E-state index is -0.726. The molecule has 8 heteroatoms. The summed E-state index contributed by atoms with van der Waals surface area (Å²) < 4.78 is 16.6. The van der Waals surface area contributed by atoms with E-state index in [-0.39, 0.29) is 12.2 Å². The van der Waals surface area contributed by atoms with E-state index in [1.165, 1.54) is 0 Å². The number of fused-ring (bicyclic) bond motifs is 2. The van der Waals surface area contributed by atoms with Gasteiger partial charge in [-0.3, -0.25) is 9.80 Å². The third-order valence-corrected chi connectivity index (χ3v) is 4.79. The first-order valence-corrected chi connectivity index (χ1v) is 9.21. The molecule has 0 spiro atoms. The minimum absolute atomic E-state index is 0.171. The molecule has 146 valence electrons. The summed E-state index contributed by atoms with van der Waals surface area (Å²) >= 11 is 0. The molecule has 1 aromatic carbocycles. The normalized spacial score (nSPS) is 22.9. The van der Waals surface area contributed by atoms with E-state index in [4.69, 9.17) is 25.2 Å². The summed E-state index contributed by atoms with van der Waals surface area (Å²) in [5.41, 5.74) is 6.72. The van der Waals surface area contributed by atoms with Crippen LogP contribution in [0.5, 0.6) is 0 Å². The SMILES string of the molecule is N#Cc1ccc(COCCN2CC3CN(CCOC(N)=O)CC(C2)O3)cc1. The molecule has 8 nitrogen and oxygen atoms in total. The summed E-state index contributed by atoms with van der Waals surface area (Å²) in [5.74, 6) is 0. The van der Waals surface area contributed by atoms with E-state index in [2.05, 4.69) is 15.9 Å². The Labute approximate surface area is 159 Å². The quantitative estimate of drug-likeness (QED) is 0.663. The Bertz CT molecular complexity index is 647. The fraction of sp³-hybridized carbons (Fsp3) is 0.579. The van der Waals surface area contributed by atoms with Gasteiger partial charge in [0.1, 0.15) is 6.61 Å².